The molecule has 2 atom stereocenters. The largest absolute Gasteiger partial charge is 0.481 e. The molecular weight excluding hydrogens is 242 g/mol. The van der Waals surface area contributed by atoms with Crippen LogP contribution >= 0.6 is 0 Å². The molecule has 1 saturated heterocycles. The average molecular weight is 269 g/mol. The van der Waals surface area contributed by atoms with Crippen molar-refractivity contribution >= 4 is 11.9 Å². The number of hydrogen-bond acceptors (Lipinski definition) is 2. The van der Waals surface area contributed by atoms with Crippen LogP contribution in [0.4, 0.5) is 0 Å². The van der Waals surface area contributed by atoms with Crippen molar-refractivity contribution in [2.24, 2.45) is 11.3 Å². The number of amides is 1. The molecule has 0 bridgehead atoms. The number of nitrogens with zero attached hydrogens (tertiary/aromatic N) is 1. The predicted octanol–water partition coefficient (Wildman–Crippen LogP) is 2.92. The van der Waals surface area contributed by atoms with Gasteiger partial charge in [0, 0.05) is 19.0 Å². The van der Waals surface area contributed by atoms with Crippen molar-refractivity contribution in [3.63, 3.8) is 0 Å². The predicted molar refractivity (Wildman–Crippen MR) is 74.9 cm³/mol. The van der Waals surface area contributed by atoms with Crippen LogP contribution in [-0.4, -0.2) is 35.0 Å². The summed E-state index contributed by atoms with van der Waals surface area (Å²) in [5.74, 6) is -0.564. The van der Waals surface area contributed by atoms with E-state index in [-0.39, 0.29) is 11.8 Å². The molecule has 4 nitrogen and oxygen atoms in total. The normalized spacial score (nSPS) is 25.1. The number of carboxylic acids is 1. The van der Waals surface area contributed by atoms with Crippen LogP contribution in [-0.2, 0) is 9.59 Å². The van der Waals surface area contributed by atoms with Crippen molar-refractivity contribution in [2.45, 2.75) is 59.3 Å². The first kappa shape index (κ1) is 16.0. The van der Waals surface area contributed by atoms with Gasteiger partial charge in [0.25, 0.3) is 0 Å². The monoisotopic (exact) mass is 269 g/mol. The number of piperidine rings is 1. The maximum atomic E-state index is 12.5. The summed E-state index contributed by atoms with van der Waals surface area (Å²) in [7, 11) is 0. The Labute approximate surface area is 116 Å². The second-order valence-corrected chi connectivity index (χ2v) is 5.98. The molecule has 1 aliphatic rings. The maximum absolute atomic E-state index is 12.5. The van der Waals surface area contributed by atoms with E-state index in [1.165, 1.54) is 0 Å². The number of likely N-dealkylation sites (tertiary alicyclic amines) is 1. The van der Waals surface area contributed by atoms with Gasteiger partial charge in [0.15, 0.2) is 0 Å². The molecule has 0 aromatic carbocycles. The van der Waals surface area contributed by atoms with Crippen molar-refractivity contribution < 1.29 is 14.7 Å². The Morgan fingerprint density at radius 1 is 1.37 bits per heavy atom. The highest BCUT2D eigenvalue weighted by molar-refractivity contribution is 5.81. The van der Waals surface area contributed by atoms with Crippen LogP contribution in [0.3, 0.4) is 0 Å². The van der Waals surface area contributed by atoms with Gasteiger partial charge in [-0.25, -0.2) is 0 Å². The summed E-state index contributed by atoms with van der Waals surface area (Å²) in [4.78, 5) is 25.6. The summed E-state index contributed by atoms with van der Waals surface area (Å²) < 4.78 is 0. The van der Waals surface area contributed by atoms with Crippen molar-refractivity contribution in [1.29, 1.82) is 0 Å². The summed E-state index contributed by atoms with van der Waals surface area (Å²) in [6.07, 6.45) is 5.38. The zero-order chi connectivity index (χ0) is 14.5. The van der Waals surface area contributed by atoms with Crippen molar-refractivity contribution in [2.75, 3.05) is 13.1 Å². The topological polar surface area (TPSA) is 57.6 Å². The lowest BCUT2D eigenvalue weighted by atomic mass is 9.81. The lowest BCUT2D eigenvalue weighted by Gasteiger charge is -2.39. The molecule has 1 aliphatic heterocycles. The van der Waals surface area contributed by atoms with Gasteiger partial charge in [-0.05, 0) is 32.6 Å². The van der Waals surface area contributed by atoms with Gasteiger partial charge in [-0.3, -0.25) is 9.59 Å². The third-order valence-electron chi connectivity index (χ3n) is 4.27. The van der Waals surface area contributed by atoms with E-state index >= 15 is 0 Å². The quantitative estimate of drug-likeness (QED) is 0.806. The Morgan fingerprint density at radius 2 is 2.05 bits per heavy atom. The van der Waals surface area contributed by atoms with E-state index in [9.17, 15) is 14.7 Å². The summed E-state index contributed by atoms with van der Waals surface area (Å²) >= 11 is 0. The SMILES string of the molecule is CCCCC(CC)C(=O)N1CCCC(C)(C(=O)O)C1. The maximum Gasteiger partial charge on any atom is 0.311 e. The molecule has 2 unspecified atom stereocenters. The van der Waals surface area contributed by atoms with E-state index in [1.807, 2.05) is 6.92 Å². The van der Waals surface area contributed by atoms with Gasteiger partial charge < -0.3 is 10.0 Å². The third kappa shape index (κ3) is 3.95. The zero-order valence-electron chi connectivity index (χ0n) is 12.4. The van der Waals surface area contributed by atoms with E-state index in [0.717, 1.165) is 32.1 Å². The van der Waals surface area contributed by atoms with Gasteiger partial charge in [-0.1, -0.05) is 26.7 Å². The summed E-state index contributed by atoms with van der Waals surface area (Å²) in [5, 5.41) is 9.30. The second kappa shape index (κ2) is 6.92. The third-order valence-corrected chi connectivity index (χ3v) is 4.27. The number of hydrogen-bond donors (Lipinski definition) is 1. The molecule has 0 radical (unpaired) electrons. The van der Waals surface area contributed by atoms with E-state index < -0.39 is 11.4 Å². The van der Waals surface area contributed by atoms with Gasteiger partial charge >= 0.3 is 5.97 Å². The van der Waals surface area contributed by atoms with E-state index in [0.29, 0.717) is 19.5 Å². The van der Waals surface area contributed by atoms with Gasteiger partial charge in [0.1, 0.15) is 0 Å². The highest BCUT2D eigenvalue weighted by Crippen LogP contribution is 2.31. The molecular formula is C15H27NO3. The number of carboxylic acid groups (broad SMARTS) is 1. The number of carbonyl (C=O) groups excluding carboxylic acids is 1. The van der Waals surface area contributed by atoms with Crippen LogP contribution in [0.25, 0.3) is 0 Å². The molecule has 0 saturated carbocycles. The van der Waals surface area contributed by atoms with Crippen LogP contribution in [0.5, 0.6) is 0 Å². The molecule has 1 heterocycles. The number of unbranched alkanes of at least 4 members (excludes halogenated alkanes) is 1. The van der Waals surface area contributed by atoms with Crippen molar-refractivity contribution in [1.82, 2.24) is 4.90 Å². The first-order valence-electron chi connectivity index (χ1n) is 7.46. The molecule has 0 aliphatic carbocycles. The minimum atomic E-state index is -0.786. The lowest BCUT2D eigenvalue weighted by Crippen LogP contribution is -2.50. The Morgan fingerprint density at radius 3 is 2.58 bits per heavy atom. The molecule has 1 fully saturated rings. The fourth-order valence-corrected chi connectivity index (χ4v) is 2.81. The van der Waals surface area contributed by atoms with Gasteiger partial charge in [0.2, 0.25) is 5.91 Å². The molecule has 0 aromatic heterocycles. The standard InChI is InChI=1S/C15H27NO3/c1-4-6-8-12(5-2)13(17)16-10-7-9-15(3,11-16)14(18)19/h12H,4-11H2,1-3H3,(H,18,19). The molecule has 1 amide bonds. The first-order chi connectivity index (χ1) is 8.94. The Hall–Kier alpha value is -1.06. The fourth-order valence-electron chi connectivity index (χ4n) is 2.81. The minimum absolute atomic E-state index is 0.0658. The van der Waals surface area contributed by atoms with Crippen molar-refractivity contribution in [3.05, 3.63) is 0 Å². The zero-order valence-corrected chi connectivity index (χ0v) is 12.4. The molecule has 4 heteroatoms. The summed E-state index contributed by atoms with van der Waals surface area (Å²) in [6.45, 7) is 6.99. The molecule has 0 spiro atoms. The number of rotatable bonds is 6. The van der Waals surface area contributed by atoms with Crippen molar-refractivity contribution in [3.8, 4) is 0 Å². The van der Waals surface area contributed by atoms with Gasteiger partial charge in [-0.2, -0.15) is 0 Å². The molecule has 1 rings (SSSR count). The van der Waals surface area contributed by atoms with E-state index in [1.54, 1.807) is 11.8 Å². The van der Waals surface area contributed by atoms with Crippen LogP contribution in [0.2, 0.25) is 0 Å². The Balaban J connectivity index is 2.67. The molecule has 0 aromatic rings. The molecule has 19 heavy (non-hydrogen) atoms. The van der Waals surface area contributed by atoms with E-state index in [4.69, 9.17) is 0 Å². The van der Waals surface area contributed by atoms with Crippen LogP contribution in [0.1, 0.15) is 59.3 Å². The van der Waals surface area contributed by atoms with Gasteiger partial charge in [0.05, 0.1) is 5.41 Å². The van der Waals surface area contributed by atoms with Crippen LogP contribution < -0.4 is 0 Å². The summed E-state index contributed by atoms with van der Waals surface area (Å²) in [5.41, 5.74) is -0.767. The summed E-state index contributed by atoms with van der Waals surface area (Å²) in [6, 6.07) is 0. The van der Waals surface area contributed by atoms with Crippen LogP contribution in [0, 0.1) is 11.3 Å². The molecule has 110 valence electrons. The number of carbonyl (C=O) groups is 2. The lowest BCUT2D eigenvalue weighted by molar-refractivity contribution is -0.154. The smallest absolute Gasteiger partial charge is 0.311 e. The highest BCUT2D eigenvalue weighted by Gasteiger charge is 2.40. The Kier molecular flexibility index (Phi) is 5.83. The fraction of sp³-hybridized carbons (Fsp3) is 0.867. The highest BCUT2D eigenvalue weighted by atomic mass is 16.4. The van der Waals surface area contributed by atoms with Crippen LogP contribution in [0.15, 0.2) is 0 Å². The molecule has 1 N–H and O–H groups in total. The first-order valence-corrected chi connectivity index (χ1v) is 7.46. The van der Waals surface area contributed by atoms with Gasteiger partial charge in [-0.15, -0.1) is 0 Å². The van der Waals surface area contributed by atoms with E-state index in [2.05, 4.69) is 6.92 Å². The number of aliphatic carboxylic acids is 1. The second-order valence-electron chi connectivity index (χ2n) is 5.98. The average Bonchev–Trinajstić information content (AvgIpc) is 2.39. The Bertz CT molecular complexity index is 329. The minimum Gasteiger partial charge on any atom is -0.481 e.